The van der Waals surface area contributed by atoms with Crippen LogP contribution in [0.4, 0.5) is 0 Å². The molecule has 5 heteroatoms. The number of carbonyl (C=O) groups excluding carboxylic acids is 1. The van der Waals surface area contributed by atoms with Gasteiger partial charge in [0.05, 0.1) is 11.4 Å². The fraction of sp³-hybridized carbons (Fsp3) is 0.533. The van der Waals surface area contributed by atoms with E-state index in [0.29, 0.717) is 19.4 Å². The van der Waals surface area contributed by atoms with Crippen LogP contribution in [-0.2, 0) is 14.8 Å². The summed E-state index contributed by atoms with van der Waals surface area (Å²) in [5.41, 5.74) is 0.881. The average Bonchev–Trinajstić information content (AvgIpc) is 2.47. The van der Waals surface area contributed by atoms with E-state index in [1.165, 1.54) is 4.31 Å². The van der Waals surface area contributed by atoms with E-state index in [0.717, 1.165) is 5.56 Å². The molecule has 20 heavy (non-hydrogen) atoms. The minimum absolute atomic E-state index is 0.0109. The zero-order chi connectivity index (χ0) is 15.0. The maximum atomic E-state index is 12.6. The molecule has 0 atom stereocenters. The lowest BCUT2D eigenvalue weighted by Gasteiger charge is -2.22. The van der Waals surface area contributed by atoms with Crippen molar-refractivity contribution in [3.05, 3.63) is 29.8 Å². The van der Waals surface area contributed by atoms with Crippen LogP contribution in [-0.4, -0.2) is 31.6 Å². The van der Waals surface area contributed by atoms with Gasteiger partial charge in [-0.15, -0.1) is 0 Å². The number of rotatable bonds is 2. The molecular formula is C15H21NO3S. The van der Waals surface area contributed by atoms with Crippen LogP contribution < -0.4 is 0 Å². The first-order chi connectivity index (χ1) is 9.21. The van der Waals surface area contributed by atoms with Gasteiger partial charge in [0.1, 0.15) is 5.78 Å². The lowest BCUT2D eigenvalue weighted by Crippen LogP contribution is -2.34. The standard InChI is InChI=1S/C15H21NO3S/c1-12-4-6-14(7-5-12)20(18,19)16-9-8-15(2,3)10-13(17)11-16/h4-7H,8-11H2,1-3H3. The normalized spacial score (nSPS) is 20.6. The molecular weight excluding hydrogens is 274 g/mol. The maximum absolute atomic E-state index is 12.6. The van der Waals surface area contributed by atoms with Gasteiger partial charge in [-0.3, -0.25) is 4.79 Å². The molecule has 0 saturated carbocycles. The Labute approximate surface area is 120 Å². The van der Waals surface area contributed by atoms with E-state index in [-0.39, 0.29) is 22.6 Å². The molecule has 2 rings (SSSR count). The van der Waals surface area contributed by atoms with E-state index in [1.54, 1.807) is 24.3 Å². The zero-order valence-electron chi connectivity index (χ0n) is 12.2. The van der Waals surface area contributed by atoms with Crippen LogP contribution in [0.2, 0.25) is 0 Å². The predicted molar refractivity (Wildman–Crippen MR) is 78.0 cm³/mol. The quantitative estimate of drug-likeness (QED) is 0.841. The second-order valence-electron chi connectivity index (χ2n) is 6.28. The lowest BCUT2D eigenvalue weighted by atomic mass is 9.85. The smallest absolute Gasteiger partial charge is 0.243 e. The van der Waals surface area contributed by atoms with Gasteiger partial charge in [-0.25, -0.2) is 8.42 Å². The van der Waals surface area contributed by atoms with Gasteiger partial charge in [0, 0.05) is 13.0 Å². The number of hydrogen-bond acceptors (Lipinski definition) is 3. The van der Waals surface area contributed by atoms with E-state index < -0.39 is 10.0 Å². The summed E-state index contributed by atoms with van der Waals surface area (Å²) in [5, 5.41) is 0. The Balaban J connectivity index is 2.30. The second-order valence-corrected chi connectivity index (χ2v) is 8.22. The van der Waals surface area contributed by atoms with Crippen LogP contribution >= 0.6 is 0 Å². The fourth-order valence-electron chi connectivity index (χ4n) is 2.45. The molecule has 0 spiro atoms. The largest absolute Gasteiger partial charge is 0.298 e. The Morgan fingerprint density at radius 2 is 1.75 bits per heavy atom. The molecule has 0 radical (unpaired) electrons. The Bertz CT molecular complexity index is 603. The highest BCUT2D eigenvalue weighted by Crippen LogP contribution is 2.30. The number of Topliss-reactive ketones (excluding diaryl/α,β-unsaturated/α-hetero) is 1. The van der Waals surface area contributed by atoms with Crippen LogP contribution in [0.3, 0.4) is 0 Å². The number of nitrogens with zero attached hydrogens (tertiary/aromatic N) is 1. The van der Waals surface area contributed by atoms with Crippen molar-refractivity contribution in [1.29, 1.82) is 0 Å². The van der Waals surface area contributed by atoms with Crippen molar-refractivity contribution in [2.75, 3.05) is 13.1 Å². The molecule has 0 bridgehead atoms. The summed E-state index contributed by atoms with van der Waals surface area (Å²) in [6, 6.07) is 6.75. The van der Waals surface area contributed by atoms with E-state index >= 15 is 0 Å². The Morgan fingerprint density at radius 3 is 2.35 bits per heavy atom. The molecule has 1 aliphatic rings. The Hall–Kier alpha value is -1.20. The Kier molecular flexibility index (Phi) is 4.02. The Morgan fingerprint density at radius 1 is 1.15 bits per heavy atom. The lowest BCUT2D eigenvalue weighted by molar-refractivity contribution is -0.120. The van der Waals surface area contributed by atoms with Crippen molar-refractivity contribution < 1.29 is 13.2 Å². The third-order valence-electron chi connectivity index (χ3n) is 3.73. The number of benzene rings is 1. The van der Waals surface area contributed by atoms with Gasteiger partial charge in [0.25, 0.3) is 0 Å². The summed E-state index contributed by atoms with van der Waals surface area (Å²) in [6.07, 6.45) is 1.14. The third-order valence-corrected chi connectivity index (χ3v) is 5.58. The number of carbonyl (C=O) groups is 1. The predicted octanol–water partition coefficient (Wildman–Crippen LogP) is 2.37. The molecule has 0 aromatic heterocycles. The van der Waals surface area contributed by atoms with Crippen LogP contribution in [0.25, 0.3) is 0 Å². The van der Waals surface area contributed by atoms with E-state index in [4.69, 9.17) is 0 Å². The molecule has 110 valence electrons. The molecule has 1 aliphatic heterocycles. The highest BCUT2D eigenvalue weighted by atomic mass is 32.2. The first kappa shape index (κ1) is 15.2. The van der Waals surface area contributed by atoms with Gasteiger partial charge in [-0.1, -0.05) is 31.5 Å². The molecule has 0 N–H and O–H groups in total. The number of hydrogen-bond donors (Lipinski definition) is 0. The number of sulfonamides is 1. The fourth-order valence-corrected chi connectivity index (χ4v) is 3.87. The second kappa shape index (κ2) is 5.30. The molecule has 1 saturated heterocycles. The molecule has 0 aliphatic carbocycles. The summed E-state index contributed by atoms with van der Waals surface area (Å²) in [6.45, 7) is 6.31. The van der Waals surface area contributed by atoms with Crippen LogP contribution in [0.15, 0.2) is 29.2 Å². The van der Waals surface area contributed by atoms with Crippen molar-refractivity contribution in [3.8, 4) is 0 Å². The van der Waals surface area contributed by atoms with Gasteiger partial charge in [0.2, 0.25) is 10.0 Å². The summed E-state index contributed by atoms with van der Waals surface area (Å²) in [5.74, 6) is -0.0109. The minimum Gasteiger partial charge on any atom is -0.298 e. The maximum Gasteiger partial charge on any atom is 0.243 e. The van der Waals surface area contributed by atoms with Gasteiger partial charge in [0.15, 0.2) is 0 Å². The first-order valence-corrected chi connectivity index (χ1v) is 8.23. The molecule has 0 unspecified atom stereocenters. The molecule has 1 aromatic carbocycles. The van der Waals surface area contributed by atoms with Crippen molar-refractivity contribution in [2.45, 2.75) is 38.5 Å². The molecule has 1 heterocycles. The number of aryl methyl sites for hydroxylation is 1. The summed E-state index contributed by atoms with van der Waals surface area (Å²) >= 11 is 0. The monoisotopic (exact) mass is 295 g/mol. The highest BCUT2D eigenvalue weighted by Gasteiger charge is 2.33. The minimum atomic E-state index is -3.57. The molecule has 1 aromatic rings. The van der Waals surface area contributed by atoms with Crippen molar-refractivity contribution >= 4 is 15.8 Å². The van der Waals surface area contributed by atoms with Gasteiger partial charge in [-0.2, -0.15) is 4.31 Å². The average molecular weight is 295 g/mol. The van der Waals surface area contributed by atoms with Crippen molar-refractivity contribution in [3.63, 3.8) is 0 Å². The van der Waals surface area contributed by atoms with Gasteiger partial charge >= 0.3 is 0 Å². The summed E-state index contributed by atoms with van der Waals surface area (Å²) in [7, 11) is -3.57. The summed E-state index contributed by atoms with van der Waals surface area (Å²) < 4.78 is 26.5. The van der Waals surface area contributed by atoms with Crippen LogP contribution in [0.1, 0.15) is 32.3 Å². The molecule has 1 fully saturated rings. The summed E-state index contributed by atoms with van der Waals surface area (Å²) in [4.78, 5) is 12.2. The van der Waals surface area contributed by atoms with Crippen LogP contribution in [0.5, 0.6) is 0 Å². The van der Waals surface area contributed by atoms with E-state index in [1.807, 2.05) is 20.8 Å². The molecule has 4 nitrogen and oxygen atoms in total. The zero-order valence-corrected chi connectivity index (χ0v) is 13.0. The van der Waals surface area contributed by atoms with Gasteiger partial charge < -0.3 is 0 Å². The number of ketones is 1. The third kappa shape index (κ3) is 3.27. The van der Waals surface area contributed by atoms with Crippen LogP contribution in [0, 0.1) is 12.3 Å². The first-order valence-electron chi connectivity index (χ1n) is 6.79. The highest BCUT2D eigenvalue weighted by molar-refractivity contribution is 7.89. The molecule has 0 amide bonds. The van der Waals surface area contributed by atoms with E-state index in [9.17, 15) is 13.2 Å². The van der Waals surface area contributed by atoms with Gasteiger partial charge in [-0.05, 0) is 30.9 Å². The van der Waals surface area contributed by atoms with Crippen molar-refractivity contribution in [1.82, 2.24) is 4.31 Å². The van der Waals surface area contributed by atoms with Crippen molar-refractivity contribution in [2.24, 2.45) is 5.41 Å². The topological polar surface area (TPSA) is 54.5 Å². The van der Waals surface area contributed by atoms with E-state index in [2.05, 4.69) is 0 Å². The SMILES string of the molecule is Cc1ccc(S(=O)(=O)N2CCC(C)(C)CC(=O)C2)cc1.